The van der Waals surface area contributed by atoms with E-state index in [1.165, 1.54) is 6.92 Å². The molecule has 2 aromatic carbocycles. The molecule has 0 aliphatic heterocycles. The van der Waals surface area contributed by atoms with Gasteiger partial charge in [-0.3, -0.25) is 9.59 Å². The molecule has 2 rings (SSSR count). The summed E-state index contributed by atoms with van der Waals surface area (Å²) in [6.07, 6.45) is 0. The summed E-state index contributed by atoms with van der Waals surface area (Å²) in [5.74, 6) is -0.300. The van der Waals surface area contributed by atoms with Crippen LogP contribution in [-0.2, 0) is 9.59 Å². The molecule has 22 heavy (non-hydrogen) atoms. The zero-order valence-electron chi connectivity index (χ0n) is 12.6. The van der Waals surface area contributed by atoms with Crippen LogP contribution in [0.4, 0.5) is 17.1 Å². The predicted octanol–water partition coefficient (Wildman–Crippen LogP) is 3.00. The Balaban J connectivity index is 1.90. The van der Waals surface area contributed by atoms with E-state index in [1.807, 2.05) is 31.2 Å². The number of nitrogens with one attached hydrogen (secondary N) is 3. The summed E-state index contributed by atoms with van der Waals surface area (Å²) in [6.45, 7) is 3.61. The van der Waals surface area contributed by atoms with Crippen LogP contribution in [0.15, 0.2) is 48.5 Å². The van der Waals surface area contributed by atoms with Crippen molar-refractivity contribution >= 4 is 28.9 Å². The normalized spacial score (nSPS) is 9.91. The lowest BCUT2D eigenvalue weighted by Gasteiger charge is -2.09. The van der Waals surface area contributed by atoms with Crippen molar-refractivity contribution in [2.24, 2.45) is 0 Å². The molecule has 0 radical (unpaired) electrons. The van der Waals surface area contributed by atoms with Gasteiger partial charge < -0.3 is 16.0 Å². The van der Waals surface area contributed by atoms with E-state index < -0.39 is 0 Å². The van der Waals surface area contributed by atoms with Gasteiger partial charge in [-0.15, -0.1) is 0 Å². The fourth-order valence-electron chi connectivity index (χ4n) is 2.02. The van der Waals surface area contributed by atoms with Gasteiger partial charge in [0.1, 0.15) is 0 Å². The molecule has 3 N–H and O–H groups in total. The minimum Gasteiger partial charge on any atom is -0.376 e. The molecule has 0 bridgehead atoms. The van der Waals surface area contributed by atoms with E-state index >= 15 is 0 Å². The van der Waals surface area contributed by atoms with Crippen LogP contribution in [0.25, 0.3) is 0 Å². The van der Waals surface area contributed by atoms with Gasteiger partial charge in [-0.2, -0.15) is 0 Å². The first-order chi connectivity index (χ1) is 10.5. The minimum absolute atomic E-state index is 0.149. The lowest BCUT2D eigenvalue weighted by molar-refractivity contribution is -0.115. The zero-order chi connectivity index (χ0) is 15.9. The van der Waals surface area contributed by atoms with Crippen molar-refractivity contribution in [2.45, 2.75) is 13.8 Å². The van der Waals surface area contributed by atoms with E-state index in [0.29, 0.717) is 11.4 Å². The van der Waals surface area contributed by atoms with Crippen LogP contribution in [0, 0.1) is 6.92 Å². The van der Waals surface area contributed by atoms with Gasteiger partial charge in [-0.1, -0.05) is 18.2 Å². The Morgan fingerprint density at radius 1 is 0.909 bits per heavy atom. The Bertz CT molecular complexity index is 683. The molecule has 0 saturated carbocycles. The van der Waals surface area contributed by atoms with E-state index in [9.17, 15) is 9.59 Å². The van der Waals surface area contributed by atoms with Crippen LogP contribution in [0.5, 0.6) is 0 Å². The maximum atomic E-state index is 11.9. The summed E-state index contributed by atoms with van der Waals surface area (Å²) in [7, 11) is 0. The zero-order valence-corrected chi connectivity index (χ0v) is 12.6. The first-order valence-electron chi connectivity index (χ1n) is 7.01. The lowest BCUT2D eigenvalue weighted by Crippen LogP contribution is -2.21. The van der Waals surface area contributed by atoms with Gasteiger partial charge in [0.25, 0.3) is 0 Å². The van der Waals surface area contributed by atoms with Crippen molar-refractivity contribution in [1.29, 1.82) is 0 Å². The molecule has 2 amide bonds. The highest BCUT2D eigenvalue weighted by Gasteiger charge is 2.04. The van der Waals surface area contributed by atoms with Crippen molar-refractivity contribution in [2.75, 3.05) is 22.5 Å². The first kappa shape index (κ1) is 15.6. The molecule has 0 spiro atoms. The number of carbonyl (C=O) groups excluding carboxylic acids is 2. The summed E-state index contributed by atoms with van der Waals surface area (Å²) < 4.78 is 0. The lowest BCUT2D eigenvalue weighted by atomic mass is 10.2. The molecule has 0 aromatic heterocycles. The average Bonchev–Trinajstić information content (AvgIpc) is 2.45. The van der Waals surface area contributed by atoms with Crippen molar-refractivity contribution in [3.63, 3.8) is 0 Å². The second-order valence-corrected chi connectivity index (χ2v) is 5.03. The summed E-state index contributed by atoms with van der Waals surface area (Å²) in [4.78, 5) is 23.0. The average molecular weight is 297 g/mol. The monoisotopic (exact) mass is 297 g/mol. The fourth-order valence-corrected chi connectivity index (χ4v) is 2.02. The van der Waals surface area contributed by atoms with Gasteiger partial charge in [-0.25, -0.2) is 0 Å². The Kier molecular flexibility index (Phi) is 5.14. The van der Waals surface area contributed by atoms with Gasteiger partial charge in [-0.05, 0) is 42.8 Å². The summed E-state index contributed by atoms with van der Waals surface area (Å²) in [5, 5.41) is 8.53. The molecule has 5 nitrogen and oxygen atoms in total. The molecule has 0 aliphatic carbocycles. The third-order valence-corrected chi connectivity index (χ3v) is 2.94. The quantitative estimate of drug-likeness (QED) is 0.794. The molecule has 114 valence electrons. The highest BCUT2D eigenvalue weighted by atomic mass is 16.2. The van der Waals surface area contributed by atoms with Crippen LogP contribution in [0.2, 0.25) is 0 Å². The Labute approximate surface area is 129 Å². The van der Waals surface area contributed by atoms with Gasteiger partial charge >= 0.3 is 0 Å². The molecule has 5 heteroatoms. The Hall–Kier alpha value is -2.82. The number of hydrogen-bond donors (Lipinski definition) is 3. The third-order valence-electron chi connectivity index (χ3n) is 2.94. The highest BCUT2D eigenvalue weighted by Crippen LogP contribution is 2.15. The molecule has 0 saturated heterocycles. The number of amides is 2. The molecule has 0 fully saturated rings. The van der Waals surface area contributed by atoms with Crippen LogP contribution < -0.4 is 16.0 Å². The van der Waals surface area contributed by atoms with Crippen molar-refractivity contribution in [3.05, 3.63) is 54.1 Å². The van der Waals surface area contributed by atoms with Crippen molar-refractivity contribution in [3.8, 4) is 0 Å². The molecule has 2 aromatic rings. The maximum Gasteiger partial charge on any atom is 0.243 e. The van der Waals surface area contributed by atoms with E-state index in [2.05, 4.69) is 16.0 Å². The summed E-state index contributed by atoms with van der Waals surface area (Å²) in [6, 6.07) is 14.9. The van der Waals surface area contributed by atoms with Crippen LogP contribution in [0.3, 0.4) is 0 Å². The summed E-state index contributed by atoms with van der Waals surface area (Å²) >= 11 is 0. The van der Waals surface area contributed by atoms with E-state index in [-0.39, 0.29) is 18.4 Å². The molecule has 0 heterocycles. The largest absolute Gasteiger partial charge is 0.376 e. The molecule has 0 unspecified atom stereocenters. The SMILES string of the molecule is CC(=O)Nc1cccc(NC(=O)CNc2cccc(C)c2)c1. The smallest absolute Gasteiger partial charge is 0.243 e. The molecular formula is C17H19N3O2. The number of aryl methyl sites for hydroxylation is 1. The second-order valence-electron chi connectivity index (χ2n) is 5.03. The minimum atomic E-state index is -0.151. The Morgan fingerprint density at radius 2 is 1.55 bits per heavy atom. The first-order valence-corrected chi connectivity index (χ1v) is 7.01. The number of anilines is 3. The van der Waals surface area contributed by atoms with Crippen LogP contribution >= 0.6 is 0 Å². The maximum absolute atomic E-state index is 11.9. The van der Waals surface area contributed by atoms with E-state index in [1.54, 1.807) is 24.3 Å². The standard InChI is InChI=1S/C17H19N3O2/c1-12-5-3-6-14(9-12)18-11-17(22)20-16-8-4-7-15(10-16)19-13(2)21/h3-10,18H,11H2,1-2H3,(H,19,21)(H,20,22). The van der Waals surface area contributed by atoms with Crippen molar-refractivity contribution < 1.29 is 9.59 Å². The molecule has 0 aliphatic rings. The predicted molar refractivity (Wildman–Crippen MR) is 89.0 cm³/mol. The third kappa shape index (κ3) is 4.94. The topological polar surface area (TPSA) is 70.2 Å². The van der Waals surface area contributed by atoms with Gasteiger partial charge in [0, 0.05) is 24.0 Å². The van der Waals surface area contributed by atoms with Crippen LogP contribution in [-0.4, -0.2) is 18.4 Å². The highest BCUT2D eigenvalue weighted by molar-refractivity contribution is 5.95. The second kappa shape index (κ2) is 7.26. The van der Waals surface area contributed by atoms with Gasteiger partial charge in [0.05, 0.1) is 6.54 Å². The van der Waals surface area contributed by atoms with Gasteiger partial charge in [0.15, 0.2) is 0 Å². The van der Waals surface area contributed by atoms with Gasteiger partial charge in [0.2, 0.25) is 11.8 Å². The molecule has 0 atom stereocenters. The van der Waals surface area contributed by atoms with E-state index in [0.717, 1.165) is 11.3 Å². The van der Waals surface area contributed by atoms with E-state index in [4.69, 9.17) is 0 Å². The van der Waals surface area contributed by atoms with Crippen molar-refractivity contribution in [1.82, 2.24) is 0 Å². The number of hydrogen-bond acceptors (Lipinski definition) is 3. The van der Waals surface area contributed by atoms with Crippen LogP contribution in [0.1, 0.15) is 12.5 Å². The number of rotatable bonds is 5. The summed E-state index contributed by atoms with van der Waals surface area (Å²) in [5.41, 5.74) is 3.33. The number of benzene rings is 2. The Morgan fingerprint density at radius 3 is 2.23 bits per heavy atom. The molecular weight excluding hydrogens is 278 g/mol. The fraction of sp³-hybridized carbons (Fsp3) is 0.176. The number of carbonyl (C=O) groups is 2.